The molecule has 1 aliphatic carbocycles. The van der Waals surface area contributed by atoms with E-state index in [9.17, 15) is 4.79 Å². The van der Waals surface area contributed by atoms with Crippen LogP contribution in [0.5, 0.6) is 0 Å². The second kappa shape index (κ2) is 7.37. The van der Waals surface area contributed by atoms with E-state index in [0.29, 0.717) is 18.5 Å². The Labute approximate surface area is 130 Å². The maximum Gasteiger partial charge on any atom is 0.177 e. The summed E-state index contributed by atoms with van der Waals surface area (Å²) < 4.78 is 0.904. The fourth-order valence-corrected chi connectivity index (χ4v) is 3.54. The number of nitrogens with zero attached hydrogens (tertiary/aromatic N) is 1. The second-order valence-electron chi connectivity index (χ2n) is 6.16. The molecule has 1 saturated carbocycles. The number of carbonyl (C=O) groups excluding carboxylic acids is 1. The van der Waals surface area contributed by atoms with Gasteiger partial charge in [-0.1, -0.05) is 60.8 Å². The van der Waals surface area contributed by atoms with E-state index in [-0.39, 0.29) is 5.78 Å². The van der Waals surface area contributed by atoms with E-state index in [2.05, 4.69) is 34.7 Å². The van der Waals surface area contributed by atoms with Gasteiger partial charge in [-0.2, -0.15) is 0 Å². The van der Waals surface area contributed by atoms with Crippen LogP contribution in [-0.2, 0) is 0 Å². The molecule has 2 rings (SSSR count). The van der Waals surface area contributed by atoms with Gasteiger partial charge in [0.25, 0.3) is 0 Å². The highest BCUT2D eigenvalue weighted by Crippen LogP contribution is 2.25. The van der Waals surface area contributed by atoms with E-state index in [1.165, 1.54) is 25.7 Å². The molecule has 2 nitrogen and oxygen atoms in total. The largest absolute Gasteiger partial charge is 0.293 e. The van der Waals surface area contributed by atoms with Crippen LogP contribution in [0, 0.1) is 5.92 Å². The standard InChI is InChI=1S/C17H24BrNO/c1-13(2)11-19(14-7-3-4-8-14)12-17(20)15-9-5-6-10-16(15)18/h5-6,9-10,13-14H,3-4,7-8,11-12H2,1-2H3. The number of carbonyl (C=O) groups is 1. The SMILES string of the molecule is CC(C)CN(CC(=O)c1ccccc1Br)C1CCCC1. The molecule has 3 heteroatoms. The molecule has 110 valence electrons. The van der Waals surface area contributed by atoms with Crippen LogP contribution >= 0.6 is 15.9 Å². The van der Waals surface area contributed by atoms with E-state index in [0.717, 1.165) is 16.6 Å². The lowest BCUT2D eigenvalue weighted by atomic mass is 10.1. The summed E-state index contributed by atoms with van der Waals surface area (Å²) in [6.45, 7) is 6.02. The van der Waals surface area contributed by atoms with Crippen molar-refractivity contribution in [3.05, 3.63) is 34.3 Å². The fraction of sp³-hybridized carbons (Fsp3) is 0.588. The minimum atomic E-state index is 0.227. The lowest BCUT2D eigenvalue weighted by Crippen LogP contribution is -2.40. The Morgan fingerprint density at radius 3 is 2.55 bits per heavy atom. The second-order valence-corrected chi connectivity index (χ2v) is 7.02. The summed E-state index contributed by atoms with van der Waals surface area (Å²) in [5.74, 6) is 0.827. The molecule has 20 heavy (non-hydrogen) atoms. The number of Topliss-reactive ketones (excluding diaryl/α,β-unsaturated/α-hetero) is 1. The van der Waals surface area contributed by atoms with Gasteiger partial charge >= 0.3 is 0 Å². The highest BCUT2D eigenvalue weighted by Gasteiger charge is 2.25. The summed E-state index contributed by atoms with van der Waals surface area (Å²) in [5.41, 5.74) is 0.805. The highest BCUT2D eigenvalue weighted by molar-refractivity contribution is 9.10. The van der Waals surface area contributed by atoms with Gasteiger partial charge in [0.1, 0.15) is 0 Å². The molecule has 0 aliphatic heterocycles. The molecule has 0 bridgehead atoms. The molecule has 1 aromatic rings. The average Bonchev–Trinajstić information content (AvgIpc) is 2.91. The Hall–Kier alpha value is -0.670. The van der Waals surface area contributed by atoms with Crippen molar-refractivity contribution in [1.82, 2.24) is 4.90 Å². The summed E-state index contributed by atoms with van der Waals surface area (Å²) in [4.78, 5) is 14.9. The van der Waals surface area contributed by atoms with Crippen molar-refractivity contribution in [1.29, 1.82) is 0 Å². The molecule has 1 fully saturated rings. The van der Waals surface area contributed by atoms with Gasteiger partial charge in [0.2, 0.25) is 0 Å². The average molecular weight is 338 g/mol. The maximum absolute atomic E-state index is 12.5. The fourth-order valence-electron chi connectivity index (χ4n) is 3.04. The van der Waals surface area contributed by atoms with Crippen LogP contribution in [0.3, 0.4) is 0 Å². The third-order valence-electron chi connectivity index (χ3n) is 3.96. The summed E-state index contributed by atoms with van der Waals surface area (Å²) in [5, 5.41) is 0. The van der Waals surface area contributed by atoms with Gasteiger partial charge in [-0.3, -0.25) is 9.69 Å². The Balaban J connectivity index is 2.06. The van der Waals surface area contributed by atoms with Gasteiger partial charge in [-0.25, -0.2) is 0 Å². The third kappa shape index (κ3) is 4.16. The van der Waals surface area contributed by atoms with Gasteiger partial charge in [-0.05, 0) is 24.8 Å². The zero-order valence-corrected chi connectivity index (χ0v) is 14.0. The summed E-state index contributed by atoms with van der Waals surface area (Å²) >= 11 is 3.48. The van der Waals surface area contributed by atoms with Crippen molar-refractivity contribution in [2.45, 2.75) is 45.6 Å². The monoisotopic (exact) mass is 337 g/mol. The molecule has 1 aromatic carbocycles. The van der Waals surface area contributed by atoms with Crippen LogP contribution < -0.4 is 0 Å². The Morgan fingerprint density at radius 1 is 1.30 bits per heavy atom. The number of hydrogen-bond donors (Lipinski definition) is 0. The van der Waals surface area contributed by atoms with Crippen LogP contribution in [0.2, 0.25) is 0 Å². The van der Waals surface area contributed by atoms with Gasteiger partial charge < -0.3 is 0 Å². The van der Waals surface area contributed by atoms with Crippen LogP contribution in [0.1, 0.15) is 49.9 Å². The van der Waals surface area contributed by atoms with Crippen molar-refractivity contribution in [3.63, 3.8) is 0 Å². The minimum absolute atomic E-state index is 0.227. The van der Waals surface area contributed by atoms with E-state index in [4.69, 9.17) is 0 Å². The van der Waals surface area contributed by atoms with Crippen LogP contribution in [-0.4, -0.2) is 29.8 Å². The predicted molar refractivity (Wildman–Crippen MR) is 87.1 cm³/mol. The van der Waals surface area contributed by atoms with Gasteiger partial charge in [-0.15, -0.1) is 0 Å². The first kappa shape index (κ1) is 15.7. The maximum atomic E-state index is 12.5. The smallest absolute Gasteiger partial charge is 0.177 e. The molecule has 0 N–H and O–H groups in total. The molecular weight excluding hydrogens is 314 g/mol. The van der Waals surface area contributed by atoms with Gasteiger partial charge in [0, 0.05) is 22.6 Å². The predicted octanol–water partition coefficient (Wildman–Crippen LogP) is 4.53. The Kier molecular flexibility index (Phi) is 5.79. The van der Waals surface area contributed by atoms with Crippen molar-refractivity contribution in [3.8, 4) is 0 Å². The normalized spacial score (nSPS) is 16.2. The topological polar surface area (TPSA) is 20.3 Å². The van der Waals surface area contributed by atoms with Gasteiger partial charge in [0.05, 0.1) is 6.54 Å². The minimum Gasteiger partial charge on any atom is -0.293 e. The lowest BCUT2D eigenvalue weighted by Gasteiger charge is -2.29. The first-order chi connectivity index (χ1) is 9.58. The molecule has 0 saturated heterocycles. The van der Waals surface area contributed by atoms with E-state index in [1.807, 2.05) is 24.3 Å². The van der Waals surface area contributed by atoms with E-state index >= 15 is 0 Å². The molecule has 1 aliphatic rings. The molecule has 0 radical (unpaired) electrons. The molecule has 0 spiro atoms. The first-order valence-electron chi connectivity index (χ1n) is 7.59. The van der Waals surface area contributed by atoms with Crippen LogP contribution in [0.4, 0.5) is 0 Å². The molecule has 0 amide bonds. The molecule has 0 aromatic heterocycles. The molecular formula is C17H24BrNO. The highest BCUT2D eigenvalue weighted by atomic mass is 79.9. The number of hydrogen-bond acceptors (Lipinski definition) is 2. The summed E-state index contributed by atoms with van der Waals surface area (Å²) in [6, 6.07) is 8.33. The molecule has 0 atom stereocenters. The summed E-state index contributed by atoms with van der Waals surface area (Å²) in [6.07, 6.45) is 5.11. The number of halogens is 1. The number of rotatable bonds is 6. The summed E-state index contributed by atoms with van der Waals surface area (Å²) in [7, 11) is 0. The van der Waals surface area contributed by atoms with Crippen LogP contribution in [0.15, 0.2) is 28.7 Å². The van der Waals surface area contributed by atoms with E-state index in [1.54, 1.807) is 0 Å². The van der Waals surface area contributed by atoms with E-state index < -0.39 is 0 Å². The van der Waals surface area contributed by atoms with Crippen molar-refractivity contribution in [2.24, 2.45) is 5.92 Å². The molecule has 0 unspecified atom stereocenters. The number of benzene rings is 1. The van der Waals surface area contributed by atoms with Crippen molar-refractivity contribution < 1.29 is 4.79 Å². The quantitative estimate of drug-likeness (QED) is 0.710. The zero-order chi connectivity index (χ0) is 14.5. The first-order valence-corrected chi connectivity index (χ1v) is 8.39. The third-order valence-corrected chi connectivity index (χ3v) is 4.65. The van der Waals surface area contributed by atoms with Crippen molar-refractivity contribution >= 4 is 21.7 Å². The van der Waals surface area contributed by atoms with Crippen molar-refractivity contribution in [2.75, 3.05) is 13.1 Å². The zero-order valence-electron chi connectivity index (χ0n) is 12.4. The molecule has 0 heterocycles. The van der Waals surface area contributed by atoms with Gasteiger partial charge in [0.15, 0.2) is 5.78 Å². The lowest BCUT2D eigenvalue weighted by molar-refractivity contribution is 0.0875. The number of ketones is 1. The van der Waals surface area contributed by atoms with Crippen LogP contribution in [0.25, 0.3) is 0 Å². The Morgan fingerprint density at radius 2 is 1.95 bits per heavy atom. The Bertz CT molecular complexity index is 452.